The maximum Gasteiger partial charge on any atom is 0.317 e. The molecule has 1 heterocycles. The van der Waals surface area contributed by atoms with Crippen LogP contribution in [0.15, 0.2) is 0 Å². The molecule has 4 nitrogen and oxygen atoms in total. The molecule has 1 N–H and O–H groups in total. The summed E-state index contributed by atoms with van der Waals surface area (Å²) in [6, 6.07) is 0.0798. The van der Waals surface area contributed by atoms with Crippen LogP contribution in [0.3, 0.4) is 0 Å². The van der Waals surface area contributed by atoms with Gasteiger partial charge in [-0.15, -0.1) is 0 Å². The molecule has 1 rings (SSSR count). The number of carbonyl (C=O) groups is 1. The van der Waals surface area contributed by atoms with Crippen molar-refractivity contribution in [2.24, 2.45) is 0 Å². The SMILES string of the molecule is CCN(CC)C(=O)NCCCCN1CCCC1. The number of nitrogens with one attached hydrogen (secondary N) is 1. The van der Waals surface area contributed by atoms with Crippen LogP contribution in [-0.2, 0) is 0 Å². The number of carbonyl (C=O) groups excluding carboxylic acids is 1. The summed E-state index contributed by atoms with van der Waals surface area (Å²) in [6.45, 7) is 10.1. The van der Waals surface area contributed by atoms with Crippen LogP contribution in [0.5, 0.6) is 0 Å². The highest BCUT2D eigenvalue weighted by Gasteiger charge is 2.10. The van der Waals surface area contributed by atoms with E-state index in [9.17, 15) is 4.79 Å². The van der Waals surface area contributed by atoms with Gasteiger partial charge in [0.05, 0.1) is 0 Å². The Labute approximate surface area is 105 Å². The number of nitrogens with zero attached hydrogens (tertiary/aromatic N) is 2. The predicted octanol–water partition coefficient (Wildman–Crippen LogP) is 1.91. The van der Waals surface area contributed by atoms with Crippen LogP contribution in [0.1, 0.15) is 39.5 Å². The Bertz CT molecular complexity index is 211. The largest absolute Gasteiger partial charge is 0.338 e. The van der Waals surface area contributed by atoms with E-state index < -0.39 is 0 Å². The van der Waals surface area contributed by atoms with Gasteiger partial charge in [-0.3, -0.25) is 0 Å². The van der Waals surface area contributed by atoms with Crippen molar-refractivity contribution in [1.82, 2.24) is 15.1 Å². The number of rotatable bonds is 7. The molecule has 0 atom stereocenters. The van der Waals surface area contributed by atoms with Crippen LogP contribution in [-0.4, -0.2) is 55.1 Å². The summed E-state index contributed by atoms with van der Waals surface area (Å²) in [5, 5.41) is 2.98. The molecule has 0 aromatic rings. The monoisotopic (exact) mass is 241 g/mol. The lowest BCUT2D eigenvalue weighted by Gasteiger charge is -2.19. The first-order valence-electron chi connectivity index (χ1n) is 7.03. The van der Waals surface area contributed by atoms with Crippen LogP contribution in [0.2, 0.25) is 0 Å². The summed E-state index contributed by atoms with van der Waals surface area (Å²) in [5.74, 6) is 0. The van der Waals surface area contributed by atoms with Crippen molar-refractivity contribution in [1.29, 1.82) is 0 Å². The minimum Gasteiger partial charge on any atom is -0.338 e. The summed E-state index contributed by atoms with van der Waals surface area (Å²) in [7, 11) is 0. The van der Waals surface area contributed by atoms with Gasteiger partial charge in [0.25, 0.3) is 0 Å². The van der Waals surface area contributed by atoms with E-state index in [1.165, 1.54) is 38.9 Å². The lowest BCUT2D eigenvalue weighted by atomic mass is 10.3. The lowest BCUT2D eigenvalue weighted by molar-refractivity contribution is 0.203. The average Bonchev–Trinajstić information content (AvgIpc) is 2.83. The van der Waals surface area contributed by atoms with Crippen molar-refractivity contribution >= 4 is 6.03 Å². The Morgan fingerprint density at radius 1 is 1.18 bits per heavy atom. The van der Waals surface area contributed by atoms with Gasteiger partial charge in [0, 0.05) is 19.6 Å². The first kappa shape index (κ1) is 14.3. The number of likely N-dealkylation sites (tertiary alicyclic amines) is 1. The number of amides is 2. The van der Waals surface area contributed by atoms with Crippen LogP contribution in [0.4, 0.5) is 4.79 Å². The maximum absolute atomic E-state index is 11.6. The second-order valence-corrected chi connectivity index (χ2v) is 4.66. The van der Waals surface area contributed by atoms with Gasteiger partial charge in [-0.25, -0.2) is 4.79 Å². The maximum atomic E-state index is 11.6. The van der Waals surface area contributed by atoms with E-state index in [-0.39, 0.29) is 6.03 Å². The topological polar surface area (TPSA) is 35.6 Å². The molecule has 1 fully saturated rings. The fraction of sp³-hybridized carbons (Fsp3) is 0.923. The minimum atomic E-state index is 0.0798. The molecular weight excluding hydrogens is 214 g/mol. The third-order valence-corrected chi connectivity index (χ3v) is 3.43. The van der Waals surface area contributed by atoms with E-state index in [0.717, 1.165) is 26.1 Å². The third kappa shape index (κ3) is 5.39. The predicted molar refractivity (Wildman–Crippen MR) is 71.2 cm³/mol. The highest BCUT2D eigenvalue weighted by Crippen LogP contribution is 2.07. The van der Waals surface area contributed by atoms with E-state index in [4.69, 9.17) is 0 Å². The third-order valence-electron chi connectivity index (χ3n) is 3.43. The zero-order valence-corrected chi connectivity index (χ0v) is 11.4. The Morgan fingerprint density at radius 2 is 1.82 bits per heavy atom. The Morgan fingerprint density at radius 3 is 2.41 bits per heavy atom. The molecule has 0 unspecified atom stereocenters. The second-order valence-electron chi connectivity index (χ2n) is 4.66. The van der Waals surface area contributed by atoms with Gasteiger partial charge < -0.3 is 15.1 Å². The molecule has 1 aliphatic heterocycles. The zero-order chi connectivity index (χ0) is 12.5. The molecule has 0 saturated carbocycles. The molecule has 1 aliphatic rings. The first-order chi connectivity index (χ1) is 8.27. The quantitative estimate of drug-likeness (QED) is 0.691. The van der Waals surface area contributed by atoms with Gasteiger partial charge in [0.1, 0.15) is 0 Å². The number of hydrogen-bond donors (Lipinski definition) is 1. The summed E-state index contributed by atoms with van der Waals surface area (Å²) in [4.78, 5) is 16.0. The highest BCUT2D eigenvalue weighted by atomic mass is 16.2. The van der Waals surface area contributed by atoms with Gasteiger partial charge >= 0.3 is 6.03 Å². The van der Waals surface area contributed by atoms with E-state index >= 15 is 0 Å². The van der Waals surface area contributed by atoms with Gasteiger partial charge in [-0.2, -0.15) is 0 Å². The van der Waals surface area contributed by atoms with Crippen molar-refractivity contribution in [2.75, 3.05) is 39.3 Å². The summed E-state index contributed by atoms with van der Waals surface area (Å²) < 4.78 is 0. The molecule has 100 valence electrons. The van der Waals surface area contributed by atoms with Crippen LogP contribution >= 0.6 is 0 Å². The minimum absolute atomic E-state index is 0.0798. The van der Waals surface area contributed by atoms with Gasteiger partial charge in [-0.05, 0) is 59.2 Å². The molecule has 0 bridgehead atoms. The fourth-order valence-corrected chi connectivity index (χ4v) is 2.28. The number of urea groups is 1. The van der Waals surface area contributed by atoms with Crippen molar-refractivity contribution in [2.45, 2.75) is 39.5 Å². The normalized spacial score (nSPS) is 16.1. The van der Waals surface area contributed by atoms with Gasteiger partial charge in [0.2, 0.25) is 0 Å². The second kappa shape index (κ2) is 8.34. The summed E-state index contributed by atoms with van der Waals surface area (Å²) in [5.41, 5.74) is 0. The zero-order valence-electron chi connectivity index (χ0n) is 11.4. The summed E-state index contributed by atoms with van der Waals surface area (Å²) >= 11 is 0. The van der Waals surface area contributed by atoms with Crippen LogP contribution < -0.4 is 5.32 Å². The molecule has 0 spiro atoms. The smallest absolute Gasteiger partial charge is 0.317 e. The average molecular weight is 241 g/mol. The molecule has 1 saturated heterocycles. The molecule has 0 aromatic heterocycles. The lowest BCUT2D eigenvalue weighted by Crippen LogP contribution is -2.40. The number of hydrogen-bond acceptors (Lipinski definition) is 2. The molecule has 17 heavy (non-hydrogen) atoms. The standard InChI is InChI=1S/C13H27N3O/c1-3-16(4-2)13(17)14-9-5-6-10-15-11-7-8-12-15/h3-12H2,1-2H3,(H,14,17). The van der Waals surface area contributed by atoms with Crippen molar-refractivity contribution in [3.8, 4) is 0 Å². The Kier molecular flexibility index (Phi) is 7.01. The number of unbranched alkanes of at least 4 members (excludes halogenated alkanes) is 1. The van der Waals surface area contributed by atoms with Crippen molar-refractivity contribution < 1.29 is 4.79 Å². The molecule has 0 radical (unpaired) electrons. The highest BCUT2D eigenvalue weighted by molar-refractivity contribution is 5.73. The first-order valence-corrected chi connectivity index (χ1v) is 7.03. The molecule has 0 aliphatic carbocycles. The van der Waals surface area contributed by atoms with Crippen molar-refractivity contribution in [3.05, 3.63) is 0 Å². The van der Waals surface area contributed by atoms with Crippen LogP contribution in [0, 0.1) is 0 Å². The molecule has 4 heteroatoms. The van der Waals surface area contributed by atoms with Crippen molar-refractivity contribution in [3.63, 3.8) is 0 Å². The Hall–Kier alpha value is -0.770. The van der Waals surface area contributed by atoms with E-state index in [1.807, 2.05) is 18.7 Å². The van der Waals surface area contributed by atoms with E-state index in [2.05, 4.69) is 10.2 Å². The molecule has 0 aromatic carbocycles. The fourth-order valence-electron chi connectivity index (χ4n) is 2.28. The van der Waals surface area contributed by atoms with Gasteiger partial charge in [0.15, 0.2) is 0 Å². The Balaban J connectivity index is 1.97. The van der Waals surface area contributed by atoms with E-state index in [0.29, 0.717) is 0 Å². The summed E-state index contributed by atoms with van der Waals surface area (Å²) in [6.07, 6.45) is 5.00. The van der Waals surface area contributed by atoms with Crippen LogP contribution in [0.25, 0.3) is 0 Å². The molecule has 2 amide bonds. The van der Waals surface area contributed by atoms with E-state index in [1.54, 1.807) is 0 Å². The van der Waals surface area contributed by atoms with Gasteiger partial charge in [-0.1, -0.05) is 0 Å². The molecular formula is C13H27N3O.